The highest BCUT2D eigenvalue weighted by molar-refractivity contribution is 6.17. The molecule has 0 fully saturated rings. The predicted octanol–water partition coefficient (Wildman–Crippen LogP) is 3.99. The van der Waals surface area contributed by atoms with Gasteiger partial charge < -0.3 is 4.90 Å². The standard InChI is InChI=1S/C16H13ClN2/c17-10-12-5-6-16(14(9-12)11-18)19-8-7-13-3-1-2-4-15(13)19/h1-6,9H,7-8,10H2. The number of alkyl halides is 1. The third-order valence-electron chi connectivity index (χ3n) is 3.51. The van der Waals surface area contributed by atoms with Crippen molar-refractivity contribution in [2.45, 2.75) is 12.3 Å². The number of nitriles is 1. The summed E-state index contributed by atoms with van der Waals surface area (Å²) in [6.07, 6.45) is 1.03. The number of fused-ring (bicyclic) bond motifs is 1. The van der Waals surface area contributed by atoms with Gasteiger partial charge in [-0.25, -0.2) is 0 Å². The molecule has 0 radical (unpaired) electrons. The number of para-hydroxylation sites is 1. The number of benzene rings is 2. The molecule has 1 heterocycles. The van der Waals surface area contributed by atoms with Crippen LogP contribution < -0.4 is 4.90 Å². The average molecular weight is 269 g/mol. The number of nitrogens with zero attached hydrogens (tertiary/aromatic N) is 2. The van der Waals surface area contributed by atoms with Gasteiger partial charge in [0.05, 0.1) is 11.3 Å². The van der Waals surface area contributed by atoms with Gasteiger partial charge in [0.15, 0.2) is 0 Å². The lowest BCUT2D eigenvalue weighted by molar-refractivity contribution is 0.995. The number of halogens is 1. The molecule has 2 aromatic rings. The lowest BCUT2D eigenvalue weighted by Gasteiger charge is -2.21. The smallest absolute Gasteiger partial charge is 0.101 e. The summed E-state index contributed by atoms with van der Waals surface area (Å²) in [6.45, 7) is 0.925. The summed E-state index contributed by atoms with van der Waals surface area (Å²) in [5, 5.41) is 9.33. The largest absolute Gasteiger partial charge is 0.340 e. The molecule has 0 bridgehead atoms. The fourth-order valence-corrected chi connectivity index (χ4v) is 2.75. The SMILES string of the molecule is N#Cc1cc(CCl)ccc1N1CCc2ccccc21. The van der Waals surface area contributed by atoms with Gasteiger partial charge in [-0.2, -0.15) is 5.26 Å². The molecular formula is C16H13ClN2. The van der Waals surface area contributed by atoms with Crippen LogP contribution in [0.15, 0.2) is 42.5 Å². The third kappa shape index (κ3) is 2.07. The Morgan fingerprint density at radius 2 is 2.00 bits per heavy atom. The Kier molecular flexibility index (Phi) is 3.15. The Hall–Kier alpha value is -1.98. The molecule has 0 saturated heterocycles. The minimum atomic E-state index is 0.436. The maximum atomic E-state index is 9.33. The molecule has 0 unspecified atom stereocenters. The Bertz CT molecular complexity index is 658. The first kappa shape index (κ1) is 12.1. The summed E-state index contributed by atoms with van der Waals surface area (Å²) in [5.41, 5.74) is 5.19. The summed E-state index contributed by atoms with van der Waals surface area (Å²) >= 11 is 5.83. The Morgan fingerprint density at radius 1 is 1.16 bits per heavy atom. The third-order valence-corrected chi connectivity index (χ3v) is 3.82. The molecule has 0 aromatic heterocycles. The van der Waals surface area contributed by atoms with E-state index in [1.165, 1.54) is 11.3 Å². The van der Waals surface area contributed by atoms with Gasteiger partial charge in [-0.1, -0.05) is 24.3 Å². The molecule has 1 aliphatic heterocycles. The van der Waals surface area contributed by atoms with E-state index in [2.05, 4.69) is 29.2 Å². The fraction of sp³-hybridized carbons (Fsp3) is 0.188. The number of hydrogen-bond acceptors (Lipinski definition) is 2. The number of hydrogen-bond donors (Lipinski definition) is 0. The highest BCUT2D eigenvalue weighted by Gasteiger charge is 2.21. The molecule has 2 aromatic carbocycles. The quantitative estimate of drug-likeness (QED) is 0.770. The van der Waals surface area contributed by atoms with Gasteiger partial charge in [-0.05, 0) is 35.7 Å². The van der Waals surface area contributed by atoms with E-state index in [0.29, 0.717) is 11.4 Å². The summed E-state index contributed by atoms with van der Waals surface area (Å²) in [5.74, 6) is 0.436. The zero-order chi connectivity index (χ0) is 13.2. The molecule has 19 heavy (non-hydrogen) atoms. The Balaban J connectivity index is 2.07. The monoisotopic (exact) mass is 268 g/mol. The van der Waals surface area contributed by atoms with E-state index < -0.39 is 0 Å². The molecular weight excluding hydrogens is 256 g/mol. The molecule has 0 amide bonds. The van der Waals surface area contributed by atoms with Gasteiger partial charge in [0, 0.05) is 18.1 Å². The lowest BCUT2D eigenvalue weighted by atomic mass is 10.1. The van der Waals surface area contributed by atoms with Crippen LogP contribution in [0.25, 0.3) is 0 Å². The maximum Gasteiger partial charge on any atom is 0.101 e. The van der Waals surface area contributed by atoms with Crippen molar-refractivity contribution in [3.05, 3.63) is 59.2 Å². The molecule has 2 nitrogen and oxygen atoms in total. The van der Waals surface area contributed by atoms with E-state index >= 15 is 0 Å². The second kappa shape index (κ2) is 4.95. The van der Waals surface area contributed by atoms with Crippen molar-refractivity contribution in [3.8, 4) is 6.07 Å². The molecule has 0 atom stereocenters. The van der Waals surface area contributed by atoms with Gasteiger partial charge in [-0.15, -0.1) is 11.6 Å². The van der Waals surface area contributed by atoms with Gasteiger partial charge >= 0.3 is 0 Å². The molecule has 3 rings (SSSR count). The van der Waals surface area contributed by atoms with Crippen LogP contribution in [0.3, 0.4) is 0 Å². The predicted molar refractivity (Wildman–Crippen MR) is 77.9 cm³/mol. The maximum absolute atomic E-state index is 9.33. The van der Waals surface area contributed by atoms with Crippen LogP contribution >= 0.6 is 11.6 Å². The van der Waals surface area contributed by atoms with Crippen LogP contribution in [-0.2, 0) is 12.3 Å². The van der Waals surface area contributed by atoms with E-state index in [0.717, 1.165) is 24.2 Å². The zero-order valence-electron chi connectivity index (χ0n) is 10.4. The van der Waals surface area contributed by atoms with Crippen LogP contribution in [0.5, 0.6) is 0 Å². The minimum Gasteiger partial charge on any atom is -0.340 e. The molecule has 0 spiro atoms. The summed E-state index contributed by atoms with van der Waals surface area (Å²) < 4.78 is 0. The van der Waals surface area contributed by atoms with Crippen LogP contribution in [0.1, 0.15) is 16.7 Å². The second-order valence-electron chi connectivity index (χ2n) is 4.63. The van der Waals surface area contributed by atoms with Gasteiger partial charge in [0.2, 0.25) is 0 Å². The van der Waals surface area contributed by atoms with Crippen LogP contribution in [0.4, 0.5) is 11.4 Å². The topological polar surface area (TPSA) is 27.0 Å². The van der Waals surface area contributed by atoms with E-state index in [9.17, 15) is 5.26 Å². The van der Waals surface area contributed by atoms with Gasteiger partial charge in [-0.3, -0.25) is 0 Å². The lowest BCUT2D eigenvalue weighted by Crippen LogP contribution is -2.14. The Labute approximate surface area is 117 Å². The van der Waals surface area contributed by atoms with Crippen molar-refractivity contribution >= 4 is 23.0 Å². The van der Waals surface area contributed by atoms with Crippen molar-refractivity contribution in [3.63, 3.8) is 0 Å². The first-order chi connectivity index (χ1) is 9.33. The van der Waals surface area contributed by atoms with E-state index in [1.54, 1.807) is 0 Å². The highest BCUT2D eigenvalue weighted by atomic mass is 35.5. The molecule has 94 valence electrons. The van der Waals surface area contributed by atoms with E-state index in [1.807, 2.05) is 24.3 Å². The molecule has 0 N–H and O–H groups in total. The van der Waals surface area contributed by atoms with Crippen molar-refractivity contribution in [1.29, 1.82) is 5.26 Å². The minimum absolute atomic E-state index is 0.436. The van der Waals surface area contributed by atoms with E-state index in [4.69, 9.17) is 11.6 Å². The second-order valence-corrected chi connectivity index (χ2v) is 4.89. The highest BCUT2D eigenvalue weighted by Crippen LogP contribution is 2.36. The van der Waals surface area contributed by atoms with Gasteiger partial charge in [0.1, 0.15) is 6.07 Å². The summed E-state index contributed by atoms with van der Waals surface area (Å²) in [7, 11) is 0. The van der Waals surface area contributed by atoms with Gasteiger partial charge in [0.25, 0.3) is 0 Å². The van der Waals surface area contributed by atoms with Crippen LogP contribution in [0.2, 0.25) is 0 Å². The summed E-state index contributed by atoms with van der Waals surface area (Å²) in [6, 6.07) is 16.5. The number of anilines is 2. The molecule has 0 aliphatic carbocycles. The van der Waals surface area contributed by atoms with E-state index in [-0.39, 0.29) is 0 Å². The van der Waals surface area contributed by atoms with Crippen LogP contribution in [-0.4, -0.2) is 6.54 Å². The number of rotatable bonds is 2. The van der Waals surface area contributed by atoms with Crippen molar-refractivity contribution < 1.29 is 0 Å². The normalized spacial score (nSPS) is 13.2. The zero-order valence-corrected chi connectivity index (χ0v) is 11.2. The Morgan fingerprint density at radius 3 is 2.79 bits per heavy atom. The van der Waals surface area contributed by atoms with Crippen molar-refractivity contribution in [1.82, 2.24) is 0 Å². The fourth-order valence-electron chi connectivity index (χ4n) is 2.58. The van der Waals surface area contributed by atoms with Crippen molar-refractivity contribution in [2.24, 2.45) is 0 Å². The first-order valence-electron chi connectivity index (χ1n) is 6.28. The first-order valence-corrected chi connectivity index (χ1v) is 6.81. The average Bonchev–Trinajstić information content (AvgIpc) is 2.90. The summed E-state index contributed by atoms with van der Waals surface area (Å²) in [4.78, 5) is 2.21. The van der Waals surface area contributed by atoms with Crippen molar-refractivity contribution in [2.75, 3.05) is 11.4 Å². The molecule has 0 saturated carbocycles. The molecule has 3 heteroatoms. The van der Waals surface area contributed by atoms with Crippen LogP contribution in [0, 0.1) is 11.3 Å². The molecule has 1 aliphatic rings.